The van der Waals surface area contributed by atoms with Gasteiger partial charge in [-0.2, -0.15) is 5.26 Å². The van der Waals surface area contributed by atoms with Gasteiger partial charge >= 0.3 is 5.63 Å². The Morgan fingerprint density at radius 2 is 1.96 bits per heavy atom. The molecule has 5 nitrogen and oxygen atoms in total. The van der Waals surface area contributed by atoms with Gasteiger partial charge in [-0.15, -0.1) is 0 Å². The third-order valence-corrected chi connectivity index (χ3v) is 3.76. The van der Waals surface area contributed by atoms with E-state index in [0.29, 0.717) is 22.5 Å². The SMILES string of the molecule is Cc1cc(=O)oc2cc(OCC(O)c3ccc(C#N)cc3)ccc12. The number of nitrogens with zero attached hydrogens (tertiary/aromatic N) is 1. The van der Waals surface area contributed by atoms with Gasteiger partial charge in [0.25, 0.3) is 0 Å². The van der Waals surface area contributed by atoms with Crippen molar-refractivity contribution >= 4 is 11.0 Å². The van der Waals surface area contributed by atoms with Crippen LogP contribution in [0.4, 0.5) is 0 Å². The standard InChI is InChI=1S/C19H15NO4/c1-12-8-19(22)24-18-9-15(6-7-16(12)18)23-11-17(21)14-4-2-13(10-20)3-5-14/h2-9,17,21H,11H2,1H3. The molecule has 0 aliphatic rings. The second-order valence-corrected chi connectivity index (χ2v) is 5.47. The Morgan fingerprint density at radius 3 is 2.67 bits per heavy atom. The molecule has 0 saturated carbocycles. The lowest BCUT2D eigenvalue weighted by Gasteiger charge is -2.13. The minimum Gasteiger partial charge on any atom is -0.490 e. The number of aliphatic hydroxyl groups is 1. The zero-order chi connectivity index (χ0) is 17.1. The van der Waals surface area contributed by atoms with Gasteiger partial charge in [0, 0.05) is 17.5 Å². The van der Waals surface area contributed by atoms with Crippen LogP contribution in [0, 0.1) is 18.3 Å². The van der Waals surface area contributed by atoms with Crippen molar-refractivity contribution in [3.05, 3.63) is 75.6 Å². The largest absolute Gasteiger partial charge is 0.490 e. The molecule has 0 aliphatic heterocycles. The number of nitriles is 1. The van der Waals surface area contributed by atoms with Gasteiger partial charge in [0.05, 0.1) is 11.6 Å². The van der Waals surface area contributed by atoms with Gasteiger partial charge in [-0.25, -0.2) is 4.79 Å². The first kappa shape index (κ1) is 15.8. The number of rotatable bonds is 4. The summed E-state index contributed by atoms with van der Waals surface area (Å²) in [5, 5.41) is 19.8. The number of benzene rings is 2. The molecule has 0 bridgehead atoms. The molecular formula is C19H15NO4. The summed E-state index contributed by atoms with van der Waals surface area (Å²) in [5.41, 5.74) is 2.08. The third-order valence-electron chi connectivity index (χ3n) is 3.76. The summed E-state index contributed by atoms with van der Waals surface area (Å²) in [7, 11) is 0. The van der Waals surface area contributed by atoms with Crippen LogP contribution in [0.2, 0.25) is 0 Å². The molecule has 0 aliphatic carbocycles. The normalized spacial score (nSPS) is 11.9. The van der Waals surface area contributed by atoms with Crippen LogP contribution in [0.25, 0.3) is 11.0 Å². The Morgan fingerprint density at radius 1 is 1.21 bits per heavy atom. The zero-order valence-electron chi connectivity index (χ0n) is 13.0. The first-order chi connectivity index (χ1) is 11.6. The Hall–Kier alpha value is -3.10. The Labute approximate surface area is 138 Å². The van der Waals surface area contributed by atoms with Gasteiger partial charge in [0.1, 0.15) is 24.0 Å². The van der Waals surface area contributed by atoms with Crippen LogP contribution < -0.4 is 10.4 Å². The van der Waals surface area contributed by atoms with E-state index in [2.05, 4.69) is 0 Å². The van der Waals surface area contributed by atoms with E-state index in [1.807, 2.05) is 19.1 Å². The van der Waals surface area contributed by atoms with Gasteiger partial charge in [-0.3, -0.25) is 0 Å². The van der Waals surface area contributed by atoms with Crippen molar-refractivity contribution in [3.8, 4) is 11.8 Å². The van der Waals surface area contributed by atoms with Crippen LogP contribution in [0.3, 0.4) is 0 Å². The quantitative estimate of drug-likeness (QED) is 0.747. The Kier molecular flexibility index (Phi) is 4.32. The van der Waals surface area contributed by atoms with Gasteiger partial charge in [0.15, 0.2) is 0 Å². The lowest BCUT2D eigenvalue weighted by molar-refractivity contribution is 0.108. The van der Waals surface area contributed by atoms with Gasteiger partial charge in [0.2, 0.25) is 0 Å². The summed E-state index contributed by atoms with van der Waals surface area (Å²) < 4.78 is 10.8. The molecule has 0 radical (unpaired) electrons. The van der Waals surface area contributed by atoms with Crippen molar-refractivity contribution in [3.63, 3.8) is 0 Å². The molecule has 2 aromatic carbocycles. The molecule has 24 heavy (non-hydrogen) atoms. The summed E-state index contributed by atoms with van der Waals surface area (Å²) in [6, 6.07) is 15.4. The lowest BCUT2D eigenvalue weighted by atomic mass is 10.1. The van der Waals surface area contributed by atoms with Crippen LogP contribution in [0.1, 0.15) is 22.8 Å². The summed E-state index contributed by atoms with van der Waals surface area (Å²) in [5.74, 6) is 0.504. The van der Waals surface area contributed by atoms with Gasteiger partial charge in [-0.1, -0.05) is 12.1 Å². The van der Waals surface area contributed by atoms with Crippen LogP contribution in [-0.2, 0) is 0 Å². The average molecular weight is 321 g/mol. The van der Waals surface area contributed by atoms with E-state index in [-0.39, 0.29) is 6.61 Å². The molecular weight excluding hydrogens is 306 g/mol. The summed E-state index contributed by atoms with van der Waals surface area (Å²) in [6.07, 6.45) is -0.821. The number of fused-ring (bicyclic) bond motifs is 1. The van der Waals surface area contributed by atoms with Gasteiger partial charge in [-0.05, 0) is 42.3 Å². The number of aryl methyl sites for hydroxylation is 1. The van der Waals surface area contributed by atoms with Crippen molar-refractivity contribution in [2.24, 2.45) is 0 Å². The second-order valence-electron chi connectivity index (χ2n) is 5.47. The third kappa shape index (κ3) is 3.29. The highest BCUT2D eigenvalue weighted by molar-refractivity contribution is 5.81. The molecule has 1 heterocycles. The lowest BCUT2D eigenvalue weighted by Crippen LogP contribution is -2.09. The maximum absolute atomic E-state index is 11.4. The number of hydrogen-bond donors (Lipinski definition) is 1. The molecule has 5 heteroatoms. The molecule has 1 unspecified atom stereocenters. The molecule has 3 aromatic rings. The first-order valence-electron chi connectivity index (χ1n) is 7.42. The van der Waals surface area contributed by atoms with Crippen LogP contribution in [0.5, 0.6) is 5.75 Å². The second kappa shape index (κ2) is 6.57. The monoisotopic (exact) mass is 321 g/mol. The molecule has 0 saturated heterocycles. The maximum Gasteiger partial charge on any atom is 0.336 e. The maximum atomic E-state index is 11.4. The Bertz CT molecular complexity index is 967. The first-order valence-corrected chi connectivity index (χ1v) is 7.42. The Balaban J connectivity index is 1.75. The fraction of sp³-hybridized carbons (Fsp3) is 0.158. The van der Waals surface area contributed by atoms with Crippen LogP contribution in [0.15, 0.2) is 57.7 Å². The predicted octanol–water partition coefficient (Wildman–Crippen LogP) is 3.09. The van der Waals surface area contributed by atoms with E-state index < -0.39 is 11.7 Å². The fourth-order valence-electron chi connectivity index (χ4n) is 2.45. The van der Waals surface area contributed by atoms with E-state index in [1.165, 1.54) is 6.07 Å². The molecule has 0 amide bonds. The average Bonchev–Trinajstić information content (AvgIpc) is 2.59. The highest BCUT2D eigenvalue weighted by Gasteiger charge is 2.10. The van der Waals surface area contributed by atoms with Crippen LogP contribution >= 0.6 is 0 Å². The highest BCUT2D eigenvalue weighted by Crippen LogP contribution is 2.23. The number of hydrogen-bond acceptors (Lipinski definition) is 5. The van der Waals surface area contributed by atoms with Crippen molar-refractivity contribution in [2.45, 2.75) is 13.0 Å². The van der Waals surface area contributed by atoms with Crippen LogP contribution in [-0.4, -0.2) is 11.7 Å². The molecule has 1 N–H and O–H groups in total. The minimum atomic E-state index is -0.821. The van der Waals surface area contributed by atoms with Crippen molar-refractivity contribution < 1.29 is 14.3 Å². The van der Waals surface area contributed by atoms with E-state index in [9.17, 15) is 9.90 Å². The summed E-state index contributed by atoms with van der Waals surface area (Å²) in [6.45, 7) is 1.89. The van der Waals surface area contributed by atoms with Gasteiger partial charge < -0.3 is 14.3 Å². The zero-order valence-corrected chi connectivity index (χ0v) is 13.0. The molecule has 0 fully saturated rings. The molecule has 1 atom stereocenters. The summed E-state index contributed by atoms with van der Waals surface area (Å²) >= 11 is 0. The topological polar surface area (TPSA) is 83.5 Å². The van der Waals surface area contributed by atoms with E-state index in [1.54, 1.807) is 36.4 Å². The van der Waals surface area contributed by atoms with Crippen molar-refractivity contribution in [2.75, 3.05) is 6.61 Å². The fourth-order valence-corrected chi connectivity index (χ4v) is 2.45. The predicted molar refractivity (Wildman–Crippen MR) is 88.8 cm³/mol. The van der Waals surface area contributed by atoms with Crippen molar-refractivity contribution in [1.29, 1.82) is 5.26 Å². The van der Waals surface area contributed by atoms with E-state index in [4.69, 9.17) is 14.4 Å². The van der Waals surface area contributed by atoms with E-state index in [0.717, 1.165) is 10.9 Å². The van der Waals surface area contributed by atoms with Crippen molar-refractivity contribution in [1.82, 2.24) is 0 Å². The molecule has 1 aromatic heterocycles. The smallest absolute Gasteiger partial charge is 0.336 e. The molecule has 3 rings (SSSR count). The molecule has 0 spiro atoms. The summed E-state index contributed by atoms with van der Waals surface area (Å²) in [4.78, 5) is 11.4. The minimum absolute atomic E-state index is 0.0491. The number of aliphatic hydroxyl groups excluding tert-OH is 1. The van der Waals surface area contributed by atoms with E-state index >= 15 is 0 Å². The number of ether oxygens (including phenoxy) is 1. The molecule has 120 valence electrons. The highest BCUT2D eigenvalue weighted by atomic mass is 16.5.